The van der Waals surface area contributed by atoms with Crippen molar-refractivity contribution in [1.82, 2.24) is 14.9 Å². The Hall–Kier alpha value is -1.75. The van der Waals surface area contributed by atoms with Gasteiger partial charge in [-0.05, 0) is 27.7 Å². The summed E-state index contributed by atoms with van der Waals surface area (Å²) in [4.78, 5) is 24.0. The van der Waals surface area contributed by atoms with Crippen molar-refractivity contribution in [3.63, 3.8) is 0 Å². The van der Waals surface area contributed by atoms with Crippen LogP contribution in [0.1, 0.15) is 27.7 Å². The van der Waals surface area contributed by atoms with E-state index in [0.717, 1.165) is 5.46 Å². The van der Waals surface area contributed by atoms with E-state index in [9.17, 15) is 9.90 Å². The summed E-state index contributed by atoms with van der Waals surface area (Å²) >= 11 is 0. The summed E-state index contributed by atoms with van der Waals surface area (Å²) in [5.74, 6) is -0.438. The molecular formula is C17H27BN4O5. The van der Waals surface area contributed by atoms with E-state index in [4.69, 9.17) is 14.4 Å². The second-order valence-electron chi connectivity index (χ2n) is 7.96. The SMILES string of the molecule is CC1(C)OB(c2cnc(N3CCN(CCO)[C@@H](C(=O)O)C3)nc2)OC1(C)C. The normalized spacial score (nSPS) is 25.0. The van der Waals surface area contributed by atoms with Crippen LogP contribution < -0.4 is 10.4 Å². The molecule has 0 amide bonds. The zero-order valence-electron chi connectivity index (χ0n) is 16.3. The topological polar surface area (TPSA) is 108 Å². The van der Waals surface area contributed by atoms with Gasteiger partial charge in [0.15, 0.2) is 0 Å². The van der Waals surface area contributed by atoms with Crippen LogP contribution in [-0.2, 0) is 14.1 Å². The van der Waals surface area contributed by atoms with Crippen LogP contribution in [0, 0.1) is 0 Å². The minimum atomic E-state index is -0.915. The van der Waals surface area contributed by atoms with Gasteiger partial charge in [-0.15, -0.1) is 0 Å². The number of carboxylic acids is 1. The van der Waals surface area contributed by atoms with Crippen LogP contribution in [-0.4, -0.2) is 88.2 Å². The molecule has 27 heavy (non-hydrogen) atoms. The lowest BCUT2D eigenvalue weighted by atomic mass is 9.81. The summed E-state index contributed by atoms with van der Waals surface area (Å²) in [6, 6.07) is -0.697. The monoisotopic (exact) mass is 378 g/mol. The van der Waals surface area contributed by atoms with Crippen LogP contribution in [0.2, 0.25) is 0 Å². The number of hydrogen-bond donors (Lipinski definition) is 2. The summed E-state index contributed by atoms with van der Waals surface area (Å²) in [5.41, 5.74) is -0.145. The van der Waals surface area contributed by atoms with Crippen molar-refractivity contribution in [3.8, 4) is 0 Å². The zero-order chi connectivity index (χ0) is 19.8. The van der Waals surface area contributed by atoms with Crippen molar-refractivity contribution in [3.05, 3.63) is 12.4 Å². The van der Waals surface area contributed by atoms with Crippen LogP contribution in [0.4, 0.5) is 5.95 Å². The molecule has 1 aromatic rings. The Labute approximate surface area is 159 Å². The lowest BCUT2D eigenvalue weighted by molar-refractivity contribution is -0.143. The maximum atomic E-state index is 11.5. The molecule has 148 valence electrons. The molecule has 0 saturated carbocycles. The van der Waals surface area contributed by atoms with Gasteiger partial charge in [0.25, 0.3) is 0 Å². The standard InChI is InChI=1S/C17H27BN4O5/c1-16(2)17(3,4)27-18(26-16)12-9-19-15(20-10-12)22-6-5-21(7-8-23)13(11-22)14(24)25/h9-10,13,23H,5-8,11H2,1-4H3,(H,24,25)/t13-/m1/s1. The van der Waals surface area contributed by atoms with Gasteiger partial charge in [-0.3, -0.25) is 9.69 Å². The summed E-state index contributed by atoms with van der Waals surface area (Å²) < 4.78 is 12.0. The first-order chi connectivity index (χ1) is 12.6. The molecule has 2 N–H and O–H groups in total. The number of β-amino-alcohol motifs (C(OH)–C–C–N with tert-alkyl or cyclic N) is 1. The Morgan fingerprint density at radius 1 is 1.22 bits per heavy atom. The van der Waals surface area contributed by atoms with Gasteiger partial charge in [0.05, 0.1) is 17.8 Å². The van der Waals surface area contributed by atoms with Crippen molar-refractivity contribution < 1.29 is 24.3 Å². The highest BCUT2D eigenvalue weighted by Gasteiger charge is 2.52. The van der Waals surface area contributed by atoms with E-state index in [2.05, 4.69) is 9.97 Å². The number of hydrogen-bond acceptors (Lipinski definition) is 8. The highest BCUT2D eigenvalue weighted by molar-refractivity contribution is 6.61. The van der Waals surface area contributed by atoms with Crippen LogP contribution in [0.5, 0.6) is 0 Å². The largest absolute Gasteiger partial charge is 0.498 e. The van der Waals surface area contributed by atoms with Crippen molar-refractivity contribution >= 4 is 24.5 Å². The van der Waals surface area contributed by atoms with Gasteiger partial charge in [-0.1, -0.05) is 0 Å². The molecule has 10 heteroatoms. The number of rotatable bonds is 5. The molecule has 2 aliphatic heterocycles. The number of aromatic nitrogens is 2. The van der Waals surface area contributed by atoms with Gasteiger partial charge < -0.3 is 24.4 Å². The number of aliphatic carboxylic acids is 1. The van der Waals surface area contributed by atoms with E-state index >= 15 is 0 Å². The number of nitrogens with zero attached hydrogens (tertiary/aromatic N) is 4. The Bertz CT molecular complexity index is 668. The zero-order valence-corrected chi connectivity index (χ0v) is 16.3. The third kappa shape index (κ3) is 3.93. The number of anilines is 1. The van der Waals surface area contributed by atoms with Crippen molar-refractivity contribution in [1.29, 1.82) is 0 Å². The predicted molar refractivity (Wildman–Crippen MR) is 100 cm³/mol. The number of carbonyl (C=O) groups is 1. The fourth-order valence-corrected chi connectivity index (χ4v) is 3.23. The minimum Gasteiger partial charge on any atom is -0.480 e. The molecule has 0 aromatic carbocycles. The molecule has 1 atom stereocenters. The number of aliphatic hydroxyl groups excluding tert-OH is 1. The van der Waals surface area contributed by atoms with Gasteiger partial charge in [-0.25, -0.2) is 9.97 Å². The van der Waals surface area contributed by atoms with Crippen LogP contribution in [0.25, 0.3) is 0 Å². The van der Waals surface area contributed by atoms with Gasteiger partial charge in [0.1, 0.15) is 6.04 Å². The van der Waals surface area contributed by atoms with Gasteiger partial charge in [0, 0.05) is 44.0 Å². The fraction of sp³-hybridized carbons (Fsp3) is 0.706. The quantitative estimate of drug-likeness (QED) is 0.646. The van der Waals surface area contributed by atoms with Gasteiger partial charge in [0.2, 0.25) is 5.95 Å². The van der Waals surface area contributed by atoms with E-state index < -0.39 is 30.3 Å². The molecule has 9 nitrogen and oxygen atoms in total. The predicted octanol–water partition coefficient (Wildman–Crippen LogP) is -0.657. The third-order valence-corrected chi connectivity index (χ3v) is 5.63. The van der Waals surface area contributed by atoms with E-state index in [-0.39, 0.29) is 13.2 Å². The Morgan fingerprint density at radius 3 is 2.33 bits per heavy atom. The highest BCUT2D eigenvalue weighted by Crippen LogP contribution is 2.36. The molecule has 2 fully saturated rings. The molecule has 2 aliphatic rings. The summed E-state index contributed by atoms with van der Waals surface area (Å²) in [7, 11) is -0.530. The smallest absolute Gasteiger partial charge is 0.480 e. The molecule has 2 saturated heterocycles. The first-order valence-corrected chi connectivity index (χ1v) is 9.15. The summed E-state index contributed by atoms with van der Waals surface area (Å²) in [6.45, 7) is 9.61. The van der Waals surface area contributed by atoms with Crippen LogP contribution >= 0.6 is 0 Å². The third-order valence-electron chi connectivity index (χ3n) is 5.63. The fourth-order valence-electron chi connectivity index (χ4n) is 3.23. The highest BCUT2D eigenvalue weighted by atomic mass is 16.7. The van der Waals surface area contributed by atoms with E-state index in [1.54, 1.807) is 17.3 Å². The van der Waals surface area contributed by atoms with E-state index in [1.165, 1.54) is 0 Å². The molecule has 3 rings (SSSR count). The molecule has 0 bridgehead atoms. The average Bonchev–Trinajstić information content (AvgIpc) is 2.83. The van der Waals surface area contributed by atoms with E-state index in [0.29, 0.717) is 25.6 Å². The second kappa shape index (κ2) is 7.35. The lowest BCUT2D eigenvalue weighted by Gasteiger charge is -2.38. The first-order valence-electron chi connectivity index (χ1n) is 9.15. The summed E-state index contributed by atoms with van der Waals surface area (Å²) in [6.07, 6.45) is 3.33. The molecule has 0 radical (unpaired) electrons. The molecule has 0 aliphatic carbocycles. The lowest BCUT2D eigenvalue weighted by Crippen LogP contribution is -2.57. The molecule has 1 aromatic heterocycles. The van der Waals surface area contributed by atoms with Crippen molar-refractivity contribution in [2.24, 2.45) is 0 Å². The van der Waals surface area contributed by atoms with E-state index in [1.807, 2.05) is 32.6 Å². The molecule has 3 heterocycles. The van der Waals surface area contributed by atoms with Crippen LogP contribution in [0.3, 0.4) is 0 Å². The molecular weight excluding hydrogens is 351 g/mol. The first kappa shape index (κ1) is 20.0. The number of aliphatic hydroxyl groups is 1. The molecule has 0 unspecified atom stereocenters. The summed E-state index contributed by atoms with van der Waals surface area (Å²) in [5, 5.41) is 18.6. The Kier molecular flexibility index (Phi) is 5.44. The van der Waals surface area contributed by atoms with Crippen LogP contribution in [0.15, 0.2) is 12.4 Å². The Balaban J connectivity index is 1.70. The van der Waals surface area contributed by atoms with Gasteiger partial charge in [-0.2, -0.15) is 0 Å². The average molecular weight is 378 g/mol. The van der Waals surface area contributed by atoms with Gasteiger partial charge >= 0.3 is 13.1 Å². The Morgan fingerprint density at radius 2 is 1.81 bits per heavy atom. The maximum Gasteiger partial charge on any atom is 0.498 e. The minimum absolute atomic E-state index is 0.0664. The number of carboxylic acid groups (broad SMARTS) is 1. The van der Waals surface area contributed by atoms with Crippen molar-refractivity contribution in [2.75, 3.05) is 37.7 Å². The number of piperazine rings is 1. The second-order valence-corrected chi connectivity index (χ2v) is 7.96. The maximum absolute atomic E-state index is 11.5. The van der Waals surface area contributed by atoms with Crippen molar-refractivity contribution in [2.45, 2.75) is 44.9 Å². The molecule has 0 spiro atoms.